The summed E-state index contributed by atoms with van der Waals surface area (Å²) in [5.41, 5.74) is 0. The molecule has 108 valence electrons. The highest BCUT2D eigenvalue weighted by molar-refractivity contribution is 7.84. The zero-order chi connectivity index (χ0) is 14.5. The van der Waals surface area contributed by atoms with Gasteiger partial charge in [-0.15, -0.1) is 10.2 Å². The first-order valence-electron chi connectivity index (χ1n) is 6.09. The molecule has 0 saturated carbocycles. The number of methoxy groups -OCH3 is 2. The van der Waals surface area contributed by atoms with Crippen molar-refractivity contribution in [3.05, 3.63) is 30.0 Å². The molecular weight excluding hydrogens is 280 g/mol. The van der Waals surface area contributed by atoms with Gasteiger partial charge in [0.25, 0.3) is 0 Å². The van der Waals surface area contributed by atoms with Crippen LogP contribution in [0.15, 0.2) is 27.5 Å². The van der Waals surface area contributed by atoms with E-state index in [1.807, 2.05) is 6.92 Å². The van der Waals surface area contributed by atoms with Crippen molar-refractivity contribution < 1.29 is 18.1 Å². The lowest BCUT2D eigenvalue weighted by Crippen LogP contribution is -1.98. The molecule has 0 radical (unpaired) electrons. The van der Waals surface area contributed by atoms with Crippen LogP contribution in [0, 0.1) is 0 Å². The maximum Gasteiger partial charge on any atom is 0.229 e. The SMILES string of the molecule is CCc1nnc(C[S@](=O)c2ccc(OC)c(OC)c2)o1. The summed E-state index contributed by atoms with van der Waals surface area (Å²) in [5.74, 6) is 2.24. The summed E-state index contributed by atoms with van der Waals surface area (Å²) in [5, 5.41) is 7.71. The van der Waals surface area contributed by atoms with Crippen molar-refractivity contribution in [2.45, 2.75) is 24.0 Å². The van der Waals surface area contributed by atoms with Gasteiger partial charge in [0, 0.05) is 17.4 Å². The Kier molecular flexibility index (Phi) is 4.73. The highest BCUT2D eigenvalue weighted by atomic mass is 32.2. The molecule has 20 heavy (non-hydrogen) atoms. The smallest absolute Gasteiger partial charge is 0.229 e. The van der Waals surface area contributed by atoms with E-state index in [9.17, 15) is 4.21 Å². The summed E-state index contributed by atoms with van der Waals surface area (Å²) < 4.78 is 28.0. The molecule has 0 aliphatic heterocycles. The average molecular weight is 296 g/mol. The number of aromatic nitrogens is 2. The van der Waals surface area contributed by atoms with Crippen LogP contribution in [0.2, 0.25) is 0 Å². The van der Waals surface area contributed by atoms with Gasteiger partial charge in [-0.05, 0) is 12.1 Å². The van der Waals surface area contributed by atoms with Crippen LogP contribution in [0.1, 0.15) is 18.7 Å². The predicted octanol–water partition coefficient (Wildman–Crippen LogP) is 1.96. The molecule has 0 saturated heterocycles. The highest BCUT2D eigenvalue weighted by Crippen LogP contribution is 2.29. The fraction of sp³-hybridized carbons (Fsp3) is 0.385. The van der Waals surface area contributed by atoms with E-state index < -0.39 is 10.8 Å². The van der Waals surface area contributed by atoms with Crippen LogP contribution in [0.25, 0.3) is 0 Å². The van der Waals surface area contributed by atoms with E-state index in [1.54, 1.807) is 25.3 Å². The number of benzene rings is 1. The monoisotopic (exact) mass is 296 g/mol. The van der Waals surface area contributed by atoms with Gasteiger partial charge < -0.3 is 13.9 Å². The third kappa shape index (κ3) is 3.16. The Labute approximate surface area is 119 Å². The zero-order valence-electron chi connectivity index (χ0n) is 11.6. The second-order valence-electron chi connectivity index (χ2n) is 3.95. The maximum atomic E-state index is 12.3. The van der Waals surface area contributed by atoms with Gasteiger partial charge >= 0.3 is 0 Å². The standard InChI is InChI=1S/C13H16N2O4S/c1-4-12-14-15-13(19-12)8-20(16)9-5-6-10(17-2)11(7-9)18-3/h5-7H,4,8H2,1-3H3/t20-/m0/s1. The molecule has 0 fully saturated rings. The van der Waals surface area contributed by atoms with E-state index in [2.05, 4.69) is 10.2 Å². The van der Waals surface area contributed by atoms with Crippen LogP contribution in [0.4, 0.5) is 0 Å². The van der Waals surface area contributed by atoms with Crippen molar-refractivity contribution in [1.82, 2.24) is 10.2 Å². The van der Waals surface area contributed by atoms with Crippen LogP contribution in [-0.2, 0) is 23.0 Å². The van der Waals surface area contributed by atoms with Crippen molar-refractivity contribution in [1.29, 1.82) is 0 Å². The molecule has 0 aliphatic rings. The summed E-state index contributed by atoms with van der Waals surface area (Å²) in [6, 6.07) is 5.14. The lowest BCUT2D eigenvalue weighted by atomic mass is 10.3. The Balaban J connectivity index is 2.16. The molecule has 2 rings (SSSR count). The first kappa shape index (κ1) is 14.5. The summed E-state index contributed by atoms with van der Waals surface area (Å²) in [6.45, 7) is 1.92. The minimum atomic E-state index is -1.28. The molecule has 1 aromatic carbocycles. The fourth-order valence-corrected chi connectivity index (χ4v) is 2.61. The third-order valence-corrected chi connectivity index (χ3v) is 3.97. The Morgan fingerprint density at radius 2 is 1.85 bits per heavy atom. The van der Waals surface area contributed by atoms with Crippen LogP contribution in [0.5, 0.6) is 11.5 Å². The van der Waals surface area contributed by atoms with Crippen molar-refractivity contribution in [2.24, 2.45) is 0 Å². The van der Waals surface area contributed by atoms with Crippen LogP contribution >= 0.6 is 0 Å². The third-order valence-electron chi connectivity index (χ3n) is 2.68. The van der Waals surface area contributed by atoms with Crippen molar-refractivity contribution in [3.63, 3.8) is 0 Å². The van der Waals surface area contributed by atoms with Crippen molar-refractivity contribution in [3.8, 4) is 11.5 Å². The van der Waals surface area contributed by atoms with E-state index in [4.69, 9.17) is 13.9 Å². The molecule has 0 N–H and O–H groups in total. The van der Waals surface area contributed by atoms with E-state index in [-0.39, 0.29) is 5.75 Å². The summed E-state index contributed by atoms with van der Waals surface area (Å²) in [4.78, 5) is 0.624. The molecule has 0 amide bonds. The highest BCUT2D eigenvalue weighted by Gasteiger charge is 2.13. The van der Waals surface area contributed by atoms with E-state index >= 15 is 0 Å². The minimum Gasteiger partial charge on any atom is -0.493 e. The number of ether oxygens (including phenoxy) is 2. The van der Waals surface area contributed by atoms with Crippen molar-refractivity contribution in [2.75, 3.05) is 14.2 Å². The first-order valence-corrected chi connectivity index (χ1v) is 7.41. The van der Waals surface area contributed by atoms with Gasteiger partial charge in [-0.25, -0.2) is 0 Å². The topological polar surface area (TPSA) is 74.5 Å². The predicted molar refractivity (Wildman–Crippen MR) is 73.3 cm³/mol. The number of aryl methyl sites for hydroxylation is 1. The lowest BCUT2D eigenvalue weighted by Gasteiger charge is -2.08. The Bertz CT molecular complexity index is 612. The molecular formula is C13H16N2O4S. The van der Waals surface area contributed by atoms with Gasteiger partial charge in [-0.3, -0.25) is 4.21 Å². The van der Waals surface area contributed by atoms with Gasteiger partial charge in [0.15, 0.2) is 11.5 Å². The molecule has 0 bridgehead atoms. The first-order chi connectivity index (χ1) is 9.67. The Morgan fingerprint density at radius 1 is 1.15 bits per heavy atom. The average Bonchev–Trinajstić information content (AvgIpc) is 2.94. The second kappa shape index (κ2) is 6.51. The Hall–Kier alpha value is -1.89. The molecule has 1 atom stereocenters. The molecule has 1 heterocycles. The van der Waals surface area contributed by atoms with Crippen LogP contribution in [-0.4, -0.2) is 28.6 Å². The zero-order valence-corrected chi connectivity index (χ0v) is 12.4. The normalized spacial score (nSPS) is 12.2. The molecule has 0 spiro atoms. The Morgan fingerprint density at radius 3 is 2.45 bits per heavy atom. The molecule has 0 unspecified atom stereocenters. The molecule has 6 nitrogen and oxygen atoms in total. The quantitative estimate of drug-likeness (QED) is 0.811. The fourth-order valence-electron chi connectivity index (χ4n) is 1.64. The maximum absolute atomic E-state index is 12.3. The van der Waals surface area contributed by atoms with Crippen LogP contribution in [0.3, 0.4) is 0 Å². The van der Waals surface area contributed by atoms with Gasteiger partial charge in [0.05, 0.1) is 25.0 Å². The summed E-state index contributed by atoms with van der Waals surface area (Å²) >= 11 is 0. The number of hydrogen-bond donors (Lipinski definition) is 0. The summed E-state index contributed by atoms with van der Waals surface area (Å²) in [6.07, 6.45) is 0.663. The molecule has 1 aromatic heterocycles. The minimum absolute atomic E-state index is 0.183. The number of nitrogens with zero attached hydrogens (tertiary/aromatic N) is 2. The summed E-state index contributed by atoms with van der Waals surface area (Å²) in [7, 11) is 1.82. The molecule has 7 heteroatoms. The van der Waals surface area contributed by atoms with Gasteiger partial charge in [-0.2, -0.15) is 0 Å². The molecule has 0 aliphatic carbocycles. The van der Waals surface area contributed by atoms with Crippen LogP contribution < -0.4 is 9.47 Å². The second-order valence-corrected chi connectivity index (χ2v) is 5.40. The van der Waals surface area contributed by atoms with Gasteiger partial charge in [0.1, 0.15) is 5.75 Å². The number of hydrogen-bond acceptors (Lipinski definition) is 6. The van der Waals surface area contributed by atoms with E-state index in [0.29, 0.717) is 34.6 Å². The van der Waals surface area contributed by atoms with Gasteiger partial charge in [0.2, 0.25) is 11.8 Å². The van der Waals surface area contributed by atoms with Gasteiger partial charge in [-0.1, -0.05) is 6.92 Å². The molecule has 2 aromatic rings. The number of rotatable bonds is 6. The van der Waals surface area contributed by atoms with E-state index in [1.165, 1.54) is 7.11 Å². The lowest BCUT2D eigenvalue weighted by molar-refractivity contribution is 0.354. The largest absolute Gasteiger partial charge is 0.493 e. The van der Waals surface area contributed by atoms with Crippen molar-refractivity contribution >= 4 is 10.8 Å². The van der Waals surface area contributed by atoms with E-state index in [0.717, 1.165) is 0 Å².